The third kappa shape index (κ3) is 3.69. The summed E-state index contributed by atoms with van der Waals surface area (Å²) in [7, 11) is 0. The van der Waals surface area contributed by atoms with Crippen LogP contribution in [0.4, 0.5) is 0 Å². The van der Waals surface area contributed by atoms with Gasteiger partial charge in [-0.15, -0.1) is 12.0 Å². The van der Waals surface area contributed by atoms with Gasteiger partial charge in [0.25, 0.3) is 0 Å². The van der Waals surface area contributed by atoms with Gasteiger partial charge in [-0.1, -0.05) is 89.7 Å². The molecule has 0 nitrogen and oxygen atoms in total. The zero-order valence-corrected chi connectivity index (χ0v) is 20.5. The predicted octanol–water partition coefficient (Wildman–Crippen LogP) is 6.94. The number of benzene rings is 2. The van der Waals surface area contributed by atoms with Crippen molar-refractivity contribution in [1.29, 1.82) is 0 Å². The molecule has 0 radical (unpaired) electrons. The molecule has 1 aliphatic rings. The maximum atomic E-state index is 3.48. The van der Waals surface area contributed by atoms with Crippen molar-refractivity contribution in [3.05, 3.63) is 81.4 Å². The van der Waals surface area contributed by atoms with E-state index in [-0.39, 0.29) is 25.8 Å². The zero-order chi connectivity index (χ0) is 18.1. The topological polar surface area (TPSA) is 0 Å². The minimum absolute atomic E-state index is 0. The van der Waals surface area contributed by atoms with E-state index in [1.165, 1.54) is 55.3 Å². The predicted molar refractivity (Wildman–Crippen MR) is 110 cm³/mol. The van der Waals surface area contributed by atoms with Crippen molar-refractivity contribution in [2.75, 3.05) is 0 Å². The molecule has 0 saturated heterocycles. The standard InChI is InChI=1S/C15H13.C10H15.Hf/c1-2-11-7-9-13-10-8-12-5-3-4-6-14(12)15(11)13;1-6-7(2)9(4)10(5)8(6)3;/h3-6,8,10H,2,9H2,1H3;1-5H3;/q2*-1;. The van der Waals surface area contributed by atoms with Crippen LogP contribution in [0.2, 0.25) is 0 Å². The fraction of sp³-hybridized carbons (Fsp3) is 0.320. The molecule has 1 aliphatic carbocycles. The molecule has 0 fully saturated rings. The number of fused-ring (bicyclic) bond motifs is 3. The molecule has 0 atom stereocenters. The van der Waals surface area contributed by atoms with Crippen LogP contribution in [-0.2, 0) is 32.3 Å². The maximum absolute atomic E-state index is 3.48. The summed E-state index contributed by atoms with van der Waals surface area (Å²) in [6.07, 6.45) is 5.55. The van der Waals surface area contributed by atoms with Crippen molar-refractivity contribution < 1.29 is 25.8 Å². The van der Waals surface area contributed by atoms with E-state index >= 15 is 0 Å². The van der Waals surface area contributed by atoms with E-state index in [2.05, 4.69) is 84.0 Å². The minimum Gasteiger partial charge on any atom is -0.268 e. The SMILES string of the molecule is CCC1=[C-]Cc2ccc3ccccc3c21.Cc1c(C)c(C)[c-](C)c1C.[Hf]. The molecule has 3 aromatic rings. The molecule has 0 unspecified atom stereocenters. The van der Waals surface area contributed by atoms with Gasteiger partial charge < -0.3 is 0 Å². The van der Waals surface area contributed by atoms with Crippen LogP contribution in [0.25, 0.3) is 16.3 Å². The first kappa shape index (κ1) is 21.0. The number of hydrogen-bond acceptors (Lipinski definition) is 0. The average Bonchev–Trinajstić information content (AvgIpc) is 3.15. The van der Waals surface area contributed by atoms with Crippen LogP contribution >= 0.6 is 0 Å². The molecule has 26 heavy (non-hydrogen) atoms. The van der Waals surface area contributed by atoms with Crippen LogP contribution < -0.4 is 0 Å². The van der Waals surface area contributed by atoms with Gasteiger partial charge in [0, 0.05) is 25.8 Å². The van der Waals surface area contributed by atoms with Gasteiger partial charge in [-0.3, -0.25) is 6.08 Å². The molecule has 1 heteroatoms. The van der Waals surface area contributed by atoms with Crippen molar-refractivity contribution in [3.63, 3.8) is 0 Å². The van der Waals surface area contributed by atoms with Gasteiger partial charge in [0.1, 0.15) is 0 Å². The van der Waals surface area contributed by atoms with Crippen molar-refractivity contribution in [3.8, 4) is 0 Å². The van der Waals surface area contributed by atoms with Gasteiger partial charge in [0.15, 0.2) is 0 Å². The summed E-state index contributed by atoms with van der Waals surface area (Å²) in [5.74, 6) is 0. The molecule has 3 aromatic carbocycles. The van der Waals surface area contributed by atoms with E-state index in [9.17, 15) is 0 Å². The van der Waals surface area contributed by atoms with Crippen molar-refractivity contribution in [1.82, 2.24) is 0 Å². The summed E-state index contributed by atoms with van der Waals surface area (Å²) in [5.41, 5.74) is 11.6. The normalized spacial score (nSPS) is 12.2. The monoisotopic (exact) mass is 508 g/mol. The van der Waals surface area contributed by atoms with Gasteiger partial charge in [0.2, 0.25) is 0 Å². The molecule has 134 valence electrons. The number of rotatable bonds is 1. The van der Waals surface area contributed by atoms with Crippen LogP contribution in [0.3, 0.4) is 0 Å². The Bertz CT molecular complexity index is 874. The molecule has 0 spiro atoms. The smallest absolute Gasteiger partial charge is 0 e. The second kappa shape index (κ2) is 8.57. The summed E-state index contributed by atoms with van der Waals surface area (Å²) in [5, 5.41) is 2.72. The van der Waals surface area contributed by atoms with E-state index in [1.54, 1.807) is 0 Å². The van der Waals surface area contributed by atoms with E-state index < -0.39 is 0 Å². The quantitative estimate of drug-likeness (QED) is 0.248. The summed E-state index contributed by atoms with van der Waals surface area (Å²) in [6, 6.07) is 13.1. The largest absolute Gasteiger partial charge is 0.268 e. The molecular formula is C25H28Hf-2. The van der Waals surface area contributed by atoms with Crippen LogP contribution in [0.15, 0.2) is 36.4 Å². The molecular weight excluding hydrogens is 479 g/mol. The second-order valence-corrected chi connectivity index (χ2v) is 7.13. The molecule has 4 rings (SSSR count). The van der Waals surface area contributed by atoms with Gasteiger partial charge in [-0.25, -0.2) is 5.57 Å². The summed E-state index contributed by atoms with van der Waals surface area (Å²) >= 11 is 0. The van der Waals surface area contributed by atoms with Crippen molar-refractivity contribution in [2.45, 2.75) is 54.4 Å². The summed E-state index contributed by atoms with van der Waals surface area (Å²) < 4.78 is 0. The van der Waals surface area contributed by atoms with Crippen LogP contribution in [0.1, 0.15) is 52.3 Å². The Hall–Kier alpha value is -1.34. The first-order chi connectivity index (χ1) is 12.0. The summed E-state index contributed by atoms with van der Waals surface area (Å²) in [6.45, 7) is 13.2. The molecule has 0 saturated carbocycles. The van der Waals surface area contributed by atoms with Gasteiger partial charge in [-0.2, -0.15) is 33.4 Å². The Morgan fingerprint density at radius 3 is 2.08 bits per heavy atom. The third-order valence-electron chi connectivity index (χ3n) is 5.98. The van der Waals surface area contributed by atoms with Crippen molar-refractivity contribution >= 4 is 16.3 Å². The Balaban J connectivity index is 0.000000195. The third-order valence-corrected chi connectivity index (χ3v) is 5.98. The molecule has 0 heterocycles. The van der Waals surface area contributed by atoms with Crippen molar-refractivity contribution in [2.24, 2.45) is 0 Å². The molecule has 0 bridgehead atoms. The second-order valence-electron chi connectivity index (χ2n) is 7.13. The summed E-state index contributed by atoms with van der Waals surface area (Å²) in [4.78, 5) is 0. The van der Waals surface area contributed by atoms with Gasteiger partial charge in [0.05, 0.1) is 0 Å². The van der Waals surface area contributed by atoms with Gasteiger partial charge >= 0.3 is 0 Å². The van der Waals surface area contributed by atoms with Crippen LogP contribution in [-0.4, -0.2) is 0 Å². The minimum atomic E-state index is 0. The average molecular weight is 507 g/mol. The Labute approximate surface area is 177 Å². The Kier molecular flexibility index (Phi) is 6.91. The molecule has 0 aliphatic heterocycles. The van der Waals surface area contributed by atoms with E-state index in [0.29, 0.717) is 0 Å². The van der Waals surface area contributed by atoms with Gasteiger partial charge in [-0.05, 0) is 5.39 Å². The van der Waals surface area contributed by atoms with E-state index in [1.807, 2.05) is 0 Å². The fourth-order valence-corrected chi connectivity index (χ4v) is 3.82. The van der Waals surface area contributed by atoms with E-state index in [0.717, 1.165) is 12.8 Å². The maximum Gasteiger partial charge on any atom is 0 e. The first-order valence-corrected chi connectivity index (χ1v) is 9.26. The fourth-order valence-electron chi connectivity index (χ4n) is 3.82. The first-order valence-electron chi connectivity index (χ1n) is 9.26. The van der Waals surface area contributed by atoms with E-state index in [4.69, 9.17) is 0 Å². The molecule has 0 aromatic heterocycles. The number of allylic oxidation sites excluding steroid dienone is 2. The Morgan fingerprint density at radius 2 is 1.54 bits per heavy atom. The Morgan fingerprint density at radius 1 is 0.923 bits per heavy atom. The number of hydrogen-bond donors (Lipinski definition) is 0. The zero-order valence-electron chi connectivity index (χ0n) is 16.9. The van der Waals surface area contributed by atoms with Crippen LogP contribution in [0.5, 0.6) is 0 Å². The molecule has 0 amide bonds. The van der Waals surface area contributed by atoms with Crippen LogP contribution in [0, 0.1) is 40.7 Å². The molecule has 0 N–H and O–H groups in total.